The largest absolute Gasteiger partial charge is 0.480 e. The lowest BCUT2D eigenvalue weighted by molar-refractivity contribution is 0.389. The van der Waals surface area contributed by atoms with Gasteiger partial charge in [-0.2, -0.15) is 5.10 Å². The second kappa shape index (κ2) is 6.13. The minimum Gasteiger partial charge on any atom is -0.480 e. The van der Waals surface area contributed by atoms with E-state index in [-0.39, 0.29) is 6.04 Å². The fourth-order valence-electron chi connectivity index (χ4n) is 1.64. The van der Waals surface area contributed by atoms with Gasteiger partial charge in [-0.15, -0.1) is 16.4 Å². The predicted octanol–water partition coefficient (Wildman–Crippen LogP) is 2.70. The second-order valence-electron chi connectivity index (χ2n) is 3.75. The monoisotopic (exact) mass is 283 g/mol. The molecule has 1 unspecified atom stereocenters. The summed E-state index contributed by atoms with van der Waals surface area (Å²) in [6.07, 6.45) is 0.842. The molecule has 0 saturated carbocycles. The van der Waals surface area contributed by atoms with E-state index in [4.69, 9.17) is 16.3 Å². The van der Waals surface area contributed by atoms with E-state index in [1.54, 1.807) is 18.4 Å². The molecule has 1 N–H and O–H groups in total. The summed E-state index contributed by atoms with van der Waals surface area (Å²) in [5.41, 5.74) is 0.892. The van der Waals surface area contributed by atoms with Crippen molar-refractivity contribution in [1.29, 1.82) is 0 Å². The average Bonchev–Trinajstić information content (AvgIpc) is 2.82. The quantitative estimate of drug-likeness (QED) is 0.916. The molecule has 2 heterocycles. The van der Waals surface area contributed by atoms with Crippen molar-refractivity contribution in [2.75, 3.05) is 14.2 Å². The molecule has 0 bridgehead atoms. The van der Waals surface area contributed by atoms with Gasteiger partial charge in [0.25, 0.3) is 0 Å². The molecule has 2 aromatic rings. The SMILES string of the molecule is CNC(Cc1ccc(Cl)s1)c1ccc(OC)nn1. The van der Waals surface area contributed by atoms with Crippen LogP contribution in [-0.4, -0.2) is 24.4 Å². The van der Waals surface area contributed by atoms with Crippen molar-refractivity contribution in [1.82, 2.24) is 15.5 Å². The van der Waals surface area contributed by atoms with Gasteiger partial charge in [0.15, 0.2) is 0 Å². The van der Waals surface area contributed by atoms with Crippen LogP contribution in [0, 0.1) is 0 Å². The fourth-order valence-corrected chi connectivity index (χ4v) is 2.78. The van der Waals surface area contributed by atoms with E-state index < -0.39 is 0 Å². The number of hydrogen-bond donors (Lipinski definition) is 1. The van der Waals surface area contributed by atoms with E-state index in [1.165, 1.54) is 4.88 Å². The molecule has 4 nitrogen and oxygen atoms in total. The van der Waals surface area contributed by atoms with E-state index in [0.29, 0.717) is 5.88 Å². The van der Waals surface area contributed by atoms with Crippen LogP contribution in [0.2, 0.25) is 4.34 Å². The van der Waals surface area contributed by atoms with Crippen LogP contribution in [0.4, 0.5) is 0 Å². The summed E-state index contributed by atoms with van der Waals surface area (Å²) < 4.78 is 5.80. The third-order valence-electron chi connectivity index (χ3n) is 2.61. The molecule has 0 radical (unpaired) electrons. The lowest BCUT2D eigenvalue weighted by atomic mass is 10.1. The maximum absolute atomic E-state index is 5.93. The Kier molecular flexibility index (Phi) is 4.52. The van der Waals surface area contributed by atoms with Gasteiger partial charge in [-0.05, 0) is 25.2 Å². The second-order valence-corrected chi connectivity index (χ2v) is 5.55. The highest BCUT2D eigenvalue weighted by Gasteiger charge is 2.13. The summed E-state index contributed by atoms with van der Waals surface area (Å²) in [5, 5.41) is 11.4. The molecule has 0 aliphatic carbocycles. The van der Waals surface area contributed by atoms with Gasteiger partial charge in [-0.3, -0.25) is 0 Å². The number of rotatable bonds is 5. The molecule has 6 heteroatoms. The molecule has 1 atom stereocenters. The van der Waals surface area contributed by atoms with Crippen molar-refractivity contribution in [3.05, 3.63) is 39.2 Å². The molecule has 2 rings (SSSR count). The van der Waals surface area contributed by atoms with Crippen LogP contribution < -0.4 is 10.1 Å². The Bertz CT molecular complexity index is 500. The molecule has 0 spiro atoms. The third-order valence-corrected chi connectivity index (χ3v) is 3.86. The van der Waals surface area contributed by atoms with Gasteiger partial charge in [0, 0.05) is 17.4 Å². The van der Waals surface area contributed by atoms with Crippen LogP contribution >= 0.6 is 22.9 Å². The lowest BCUT2D eigenvalue weighted by Crippen LogP contribution is -2.20. The average molecular weight is 284 g/mol. The zero-order valence-electron chi connectivity index (χ0n) is 10.2. The molecular formula is C12H14ClN3OS. The minimum atomic E-state index is 0.123. The maximum Gasteiger partial charge on any atom is 0.233 e. The van der Waals surface area contributed by atoms with Crippen molar-refractivity contribution in [3.63, 3.8) is 0 Å². The van der Waals surface area contributed by atoms with Crippen LogP contribution in [0.5, 0.6) is 5.88 Å². The molecule has 0 aliphatic rings. The highest BCUT2D eigenvalue weighted by molar-refractivity contribution is 7.16. The summed E-state index contributed by atoms with van der Waals surface area (Å²) in [5.74, 6) is 0.521. The molecule has 0 fully saturated rings. The molecule has 96 valence electrons. The molecule has 0 aromatic carbocycles. The van der Waals surface area contributed by atoms with Gasteiger partial charge in [-0.1, -0.05) is 11.6 Å². The van der Waals surface area contributed by atoms with Gasteiger partial charge in [0.1, 0.15) is 0 Å². The number of nitrogens with one attached hydrogen (secondary N) is 1. The Balaban J connectivity index is 2.12. The van der Waals surface area contributed by atoms with E-state index in [2.05, 4.69) is 15.5 Å². The van der Waals surface area contributed by atoms with Crippen LogP contribution in [0.25, 0.3) is 0 Å². The summed E-state index contributed by atoms with van der Waals surface area (Å²) in [7, 11) is 3.48. The number of thiophene rings is 1. The first-order valence-electron chi connectivity index (χ1n) is 5.52. The molecular weight excluding hydrogens is 270 g/mol. The smallest absolute Gasteiger partial charge is 0.233 e. The lowest BCUT2D eigenvalue weighted by Gasteiger charge is -2.14. The Morgan fingerprint density at radius 2 is 2.17 bits per heavy atom. The van der Waals surface area contributed by atoms with Crippen LogP contribution in [-0.2, 0) is 6.42 Å². The first kappa shape index (κ1) is 13.3. The normalized spacial score (nSPS) is 12.4. The van der Waals surface area contributed by atoms with E-state index >= 15 is 0 Å². The number of likely N-dealkylation sites (N-methyl/N-ethyl adjacent to an activating group) is 1. The first-order valence-corrected chi connectivity index (χ1v) is 6.71. The number of hydrogen-bond acceptors (Lipinski definition) is 5. The maximum atomic E-state index is 5.93. The standard InChI is InChI=1S/C12H14ClN3OS/c1-14-10(7-8-3-5-11(13)18-8)9-4-6-12(17-2)16-15-9/h3-6,10,14H,7H2,1-2H3. The van der Waals surface area contributed by atoms with Crippen LogP contribution in [0.1, 0.15) is 16.6 Å². The van der Waals surface area contributed by atoms with E-state index in [1.807, 2.05) is 31.3 Å². The van der Waals surface area contributed by atoms with Crippen molar-refractivity contribution in [2.45, 2.75) is 12.5 Å². The Hall–Kier alpha value is -1.17. The fraction of sp³-hybridized carbons (Fsp3) is 0.333. The topological polar surface area (TPSA) is 47.0 Å². The first-order chi connectivity index (χ1) is 8.72. The van der Waals surface area contributed by atoms with Gasteiger partial charge in [0.2, 0.25) is 5.88 Å². The number of aromatic nitrogens is 2. The molecule has 0 amide bonds. The Morgan fingerprint density at radius 3 is 2.67 bits per heavy atom. The minimum absolute atomic E-state index is 0.123. The van der Waals surface area contributed by atoms with Gasteiger partial charge < -0.3 is 10.1 Å². The summed E-state index contributed by atoms with van der Waals surface area (Å²) >= 11 is 7.51. The summed E-state index contributed by atoms with van der Waals surface area (Å²) in [4.78, 5) is 1.22. The van der Waals surface area contributed by atoms with Gasteiger partial charge >= 0.3 is 0 Å². The van der Waals surface area contributed by atoms with Crippen molar-refractivity contribution >= 4 is 22.9 Å². The zero-order chi connectivity index (χ0) is 13.0. The Labute approximate surface area is 115 Å². The molecule has 2 aromatic heterocycles. The number of ether oxygens (including phenoxy) is 1. The number of methoxy groups -OCH3 is 1. The third kappa shape index (κ3) is 3.19. The van der Waals surface area contributed by atoms with Gasteiger partial charge in [0.05, 0.1) is 23.2 Å². The van der Waals surface area contributed by atoms with Crippen molar-refractivity contribution in [3.8, 4) is 5.88 Å². The summed E-state index contributed by atoms with van der Waals surface area (Å²) in [6.45, 7) is 0. The van der Waals surface area contributed by atoms with Crippen LogP contribution in [0.3, 0.4) is 0 Å². The van der Waals surface area contributed by atoms with Gasteiger partial charge in [-0.25, -0.2) is 0 Å². The van der Waals surface area contributed by atoms with Crippen molar-refractivity contribution < 1.29 is 4.74 Å². The van der Waals surface area contributed by atoms with Crippen LogP contribution in [0.15, 0.2) is 24.3 Å². The van der Waals surface area contributed by atoms with Crippen molar-refractivity contribution in [2.24, 2.45) is 0 Å². The van der Waals surface area contributed by atoms with E-state index in [0.717, 1.165) is 16.5 Å². The highest BCUT2D eigenvalue weighted by atomic mass is 35.5. The Morgan fingerprint density at radius 1 is 1.33 bits per heavy atom. The predicted molar refractivity (Wildman–Crippen MR) is 73.4 cm³/mol. The number of halogens is 1. The zero-order valence-corrected chi connectivity index (χ0v) is 11.8. The molecule has 0 saturated heterocycles. The number of nitrogens with zero attached hydrogens (tertiary/aromatic N) is 2. The highest BCUT2D eigenvalue weighted by Crippen LogP contribution is 2.26. The van der Waals surface area contributed by atoms with E-state index in [9.17, 15) is 0 Å². The summed E-state index contributed by atoms with van der Waals surface area (Å²) in [6, 6.07) is 7.80. The molecule has 0 aliphatic heterocycles. The molecule has 18 heavy (non-hydrogen) atoms.